The zero-order valence-corrected chi connectivity index (χ0v) is 8.15. The van der Waals surface area contributed by atoms with Crippen LogP contribution < -0.4 is 0 Å². The van der Waals surface area contributed by atoms with Crippen molar-refractivity contribution in [3.8, 4) is 5.82 Å². The SMILES string of the molecule is Cc1cc(-n2nc(CO)cc2C)n[nH]1. The summed E-state index contributed by atoms with van der Waals surface area (Å²) in [6.07, 6.45) is 0. The number of aryl methyl sites for hydroxylation is 2. The first kappa shape index (κ1) is 8.96. The summed E-state index contributed by atoms with van der Waals surface area (Å²) in [5.74, 6) is 0.750. The molecule has 74 valence electrons. The summed E-state index contributed by atoms with van der Waals surface area (Å²) >= 11 is 0. The molecule has 2 heterocycles. The van der Waals surface area contributed by atoms with Gasteiger partial charge in [0.2, 0.25) is 0 Å². The van der Waals surface area contributed by atoms with Gasteiger partial charge in [0.1, 0.15) is 0 Å². The van der Waals surface area contributed by atoms with Crippen LogP contribution in [0.15, 0.2) is 12.1 Å². The molecule has 0 aliphatic heterocycles. The molecule has 2 rings (SSSR count). The minimum Gasteiger partial charge on any atom is -0.390 e. The highest BCUT2D eigenvalue weighted by Gasteiger charge is 2.07. The van der Waals surface area contributed by atoms with E-state index in [0.29, 0.717) is 5.69 Å². The van der Waals surface area contributed by atoms with Gasteiger partial charge >= 0.3 is 0 Å². The van der Waals surface area contributed by atoms with E-state index in [1.165, 1.54) is 0 Å². The van der Waals surface area contributed by atoms with Gasteiger partial charge in [0.05, 0.1) is 12.3 Å². The second kappa shape index (κ2) is 3.26. The van der Waals surface area contributed by atoms with Gasteiger partial charge in [0.25, 0.3) is 0 Å². The Morgan fingerprint density at radius 2 is 2.21 bits per heavy atom. The van der Waals surface area contributed by atoms with E-state index in [1.807, 2.05) is 26.0 Å². The Hall–Kier alpha value is -1.62. The van der Waals surface area contributed by atoms with E-state index >= 15 is 0 Å². The minimum atomic E-state index is -0.0444. The number of nitrogens with one attached hydrogen (secondary N) is 1. The highest BCUT2D eigenvalue weighted by Crippen LogP contribution is 2.10. The topological polar surface area (TPSA) is 66.7 Å². The second-order valence-corrected chi connectivity index (χ2v) is 3.26. The van der Waals surface area contributed by atoms with Gasteiger partial charge in [-0.2, -0.15) is 10.2 Å². The summed E-state index contributed by atoms with van der Waals surface area (Å²) in [5, 5.41) is 20.1. The fraction of sp³-hybridized carbons (Fsp3) is 0.333. The molecule has 0 saturated heterocycles. The molecule has 2 aromatic rings. The maximum Gasteiger partial charge on any atom is 0.175 e. The monoisotopic (exact) mass is 192 g/mol. The van der Waals surface area contributed by atoms with Crippen molar-refractivity contribution in [2.45, 2.75) is 20.5 Å². The molecule has 0 saturated carbocycles. The second-order valence-electron chi connectivity index (χ2n) is 3.26. The molecule has 0 aromatic carbocycles. The summed E-state index contributed by atoms with van der Waals surface area (Å²) < 4.78 is 1.70. The Morgan fingerprint density at radius 1 is 1.43 bits per heavy atom. The van der Waals surface area contributed by atoms with Crippen LogP contribution in [0.2, 0.25) is 0 Å². The first-order valence-corrected chi connectivity index (χ1v) is 4.39. The smallest absolute Gasteiger partial charge is 0.175 e. The maximum absolute atomic E-state index is 8.92. The predicted octanol–water partition coefficient (Wildman–Crippen LogP) is 0.705. The molecule has 0 fully saturated rings. The lowest BCUT2D eigenvalue weighted by atomic mass is 10.4. The standard InChI is InChI=1S/C9H12N4O/c1-6-3-9(11-10-6)13-7(2)4-8(5-14)12-13/h3-4,14H,5H2,1-2H3,(H,10,11). The molecular formula is C9H12N4O. The summed E-state index contributed by atoms with van der Waals surface area (Å²) in [7, 11) is 0. The van der Waals surface area contributed by atoms with Crippen LogP contribution in [0.3, 0.4) is 0 Å². The van der Waals surface area contributed by atoms with Crippen molar-refractivity contribution >= 4 is 0 Å². The molecule has 0 spiro atoms. The molecule has 0 unspecified atom stereocenters. The molecule has 14 heavy (non-hydrogen) atoms. The third kappa shape index (κ3) is 1.42. The maximum atomic E-state index is 8.92. The zero-order valence-electron chi connectivity index (χ0n) is 8.15. The Labute approximate surface area is 81.4 Å². The van der Waals surface area contributed by atoms with Crippen molar-refractivity contribution in [3.63, 3.8) is 0 Å². The molecule has 0 aliphatic carbocycles. The van der Waals surface area contributed by atoms with Crippen LogP contribution in [0.25, 0.3) is 5.82 Å². The van der Waals surface area contributed by atoms with E-state index in [9.17, 15) is 0 Å². The van der Waals surface area contributed by atoms with Crippen molar-refractivity contribution in [2.75, 3.05) is 0 Å². The number of nitrogens with zero attached hydrogens (tertiary/aromatic N) is 3. The van der Waals surface area contributed by atoms with Crippen molar-refractivity contribution in [1.82, 2.24) is 20.0 Å². The summed E-state index contributed by atoms with van der Waals surface area (Å²) in [4.78, 5) is 0. The largest absolute Gasteiger partial charge is 0.390 e. The molecule has 2 aromatic heterocycles. The van der Waals surface area contributed by atoms with Crippen LogP contribution in [0, 0.1) is 13.8 Å². The molecule has 0 amide bonds. The van der Waals surface area contributed by atoms with Crippen molar-refractivity contribution in [3.05, 3.63) is 29.2 Å². The highest BCUT2D eigenvalue weighted by molar-refractivity contribution is 5.26. The van der Waals surface area contributed by atoms with Crippen LogP contribution in [0.5, 0.6) is 0 Å². The van der Waals surface area contributed by atoms with Gasteiger partial charge in [-0.05, 0) is 19.9 Å². The number of hydrogen-bond acceptors (Lipinski definition) is 3. The van der Waals surface area contributed by atoms with Crippen molar-refractivity contribution in [1.29, 1.82) is 0 Å². The number of H-pyrrole nitrogens is 1. The average molecular weight is 192 g/mol. The molecular weight excluding hydrogens is 180 g/mol. The number of hydrogen-bond donors (Lipinski definition) is 2. The van der Waals surface area contributed by atoms with Crippen LogP contribution >= 0.6 is 0 Å². The van der Waals surface area contributed by atoms with Crippen LogP contribution in [-0.4, -0.2) is 25.1 Å². The molecule has 2 N–H and O–H groups in total. The predicted molar refractivity (Wildman–Crippen MR) is 51.1 cm³/mol. The summed E-state index contributed by atoms with van der Waals surface area (Å²) in [6.45, 7) is 3.82. The Kier molecular flexibility index (Phi) is 2.09. The Balaban J connectivity index is 2.45. The number of aromatic nitrogens is 4. The number of rotatable bonds is 2. The third-order valence-electron chi connectivity index (χ3n) is 2.01. The minimum absolute atomic E-state index is 0.0444. The Morgan fingerprint density at radius 3 is 2.71 bits per heavy atom. The zero-order chi connectivity index (χ0) is 10.1. The number of aliphatic hydroxyl groups excluding tert-OH is 1. The van der Waals surface area contributed by atoms with Gasteiger partial charge in [-0.25, -0.2) is 4.68 Å². The van der Waals surface area contributed by atoms with Crippen LogP contribution in [-0.2, 0) is 6.61 Å². The van der Waals surface area contributed by atoms with Gasteiger partial charge in [-0.1, -0.05) is 0 Å². The van der Waals surface area contributed by atoms with Crippen molar-refractivity contribution < 1.29 is 5.11 Å². The van der Waals surface area contributed by atoms with E-state index in [4.69, 9.17) is 5.11 Å². The molecule has 0 aliphatic rings. The normalized spacial score (nSPS) is 10.8. The van der Waals surface area contributed by atoms with E-state index in [1.54, 1.807) is 4.68 Å². The van der Waals surface area contributed by atoms with E-state index in [-0.39, 0.29) is 6.61 Å². The molecule has 0 radical (unpaired) electrons. The lowest BCUT2D eigenvalue weighted by Gasteiger charge is -1.96. The first-order chi connectivity index (χ1) is 6.70. The average Bonchev–Trinajstić information content (AvgIpc) is 2.71. The summed E-state index contributed by atoms with van der Waals surface area (Å²) in [6, 6.07) is 3.74. The number of aromatic amines is 1. The molecule has 5 heteroatoms. The van der Waals surface area contributed by atoms with Crippen LogP contribution in [0.1, 0.15) is 17.1 Å². The van der Waals surface area contributed by atoms with Gasteiger partial charge in [0.15, 0.2) is 5.82 Å². The van der Waals surface area contributed by atoms with Gasteiger partial charge in [-0.15, -0.1) is 0 Å². The van der Waals surface area contributed by atoms with Gasteiger partial charge < -0.3 is 5.11 Å². The first-order valence-electron chi connectivity index (χ1n) is 4.39. The fourth-order valence-corrected chi connectivity index (χ4v) is 1.36. The third-order valence-corrected chi connectivity index (χ3v) is 2.01. The van der Waals surface area contributed by atoms with E-state index in [0.717, 1.165) is 17.2 Å². The van der Waals surface area contributed by atoms with Crippen molar-refractivity contribution in [2.24, 2.45) is 0 Å². The lowest BCUT2D eigenvalue weighted by molar-refractivity contribution is 0.276. The quantitative estimate of drug-likeness (QED) is 0.736. The lowest BCUT2D eigenvalue weighted by Crippen LogP contribution is -1.99. The van der Waals surface area contributed by atoms with E-state index < -0.39 is 0 Å². The fourth-order valence-electron chi connectivity index (χ4n) is 1.36. The molecule has 5 nitrogen and oxygen atoms in total. The summed E-state index contributed by atoms with van der Waals surface area (Å²) in [5.41, 5.74) is 2.60. The van der Waals surface area contributed by atoms with E-state index in [2.05, 4.69) is 15.3 Å². The molecule has 0 atom stereocenters. The van der Waals surface area contributed by atoms with Crippen LogP contribution in [0.4, 0.5) is 0 Å². The Bertz CT molecular complexity index is 443. The van der Waals surface area contributed by atoms with Gasteiger partial charge in [-0.3, -0.25) is 5.10 Å². The van der Waals surface area contributed by atoms with Gasteiger partial charge in [0, 0.05) is 17.5 Å². The number of aliphatic hydroxyl groups is 1. The molecule has 0 bridgehead atoms. The highest BCUT2D eigenvalue weighted by atomic mass is 16.3.